The van der Waals surface area contributed by atoms with Crippen molar-refractivity contribution in [2.75, 3.05) is 24.3 Å². The molecule has 0 radical (unpaired) electrons. The number of carbonyl (C=O) groups is 2. The zero-order valence-corrected chi connectivity index (χ0v) is 20.8. The largest absolute Gasteiger partial charge is 0.494 e. The first-order valence-electron chi connectivity index (χ1n) is 11.7. The first-order valence-corrected chi connectivity index (χ1v) is 11.7. The van der Waals surface area contributed by atoms with Gasteiger partial charge in [-0.15, -0.1) is 10.2 Å². The second-order valence-electron chi connectivity index (χ2n) is 9.59. The number of methoxy groups -OCH3 is 1. The molecule has 36 heavy (non-hydrogen) atoms. The molecule has 3 aromatic rings. The van der Waals surface area contributed by atoms with E-state index >= 15 is 0 Å². The Morgan fingerprint density at radius 1 is 1.22 bits per heavy atom. The van der Waals surface area contributed by atoms with Gasteiger partial charge in [-0.25, -0.2) is 0 Å². The summed E-state index contributed by atoms with van der Waals surface area (Å²) in [6.45, 7) is 0.908. The molecule has 0 atom stereocenters. The lowest BCUT2D eigenvalue weighted by Gasteiger charge is -2.22. The van der Waals surface area contributed by atoms with Crippen LogP contribution in [0.25, 0.3) is 11.3 Å². The van der Waals surface area contributed by atoms with E-state index in [0.717, 1.165) is 12.8 Å². The van der Waals surface area contributed by atoms with Crippen molar-refractivity contribution in [1.82, 2.24) is 30.5 Å². The zero-order chi connectivity index (χ0) is 25.9. The van der Waals surface area contributed by atoms with Gasteiger partial charge < -0.3 is 26.4 Å². The van der Waals surface area contributed by atoms with Crippen LogP contribution in [0.5, 0.6) is 5.75 Å². The Labute approximate surface area is 211 Å². The highest BCUT2D eigenvalue weighted by molar-refractivity contribution is 6.60. The molecule has 0 spiro atoms. The fraction of sp³-hybridized carbons (Fsp3) is 0.333. The number of hydrogen-bond acceptors (Lipinski definition) is 9. The number of benzene rings is 1. The molecule has 2 amide bonds. The summed E-state index contributed by atoms with van der Waals surface area (Å²) >= 11 is 0. The number of anilines is 3. The molecular weight excluding hydrogens is 459 g/mol. The van der Waals surface area contributed by atoms with Gasteiger partial charge in [0.1, 0.15) is 29.2 Å². The van der Waals surface area contributed by atoms with Gasteiger partial charge in [-0.05, 0) is 30.2 Å². The molecule has 4 rings (SSSR count). The van der Waals surface area contributed by atoms with Crippen LogP contribution in [0.15, 0.2) is 30.5 Å². The summed E-state index contributed by atoms with van der Waals surface area (Å²) in [5, 5.41) is 25.3. The second kappa shape index (κ2) is 10.4. The van der Waals surface area contributed by atoms with E-state index < -0.39 is 11.1 Å². The third-order valence-electron chi connectivity index (χ3n) is 5.33. The van der Waals surface area contributed by atoms with Crippen molar-refractivity contribution in [3.8, 4) is 17.0 Å². The van der Waals surface area contributed by atoms with Crippen LogP contribution in [0.1, 0.15) is 23.3 Å². The Bertz CT molecular complexity index is 1280. The molecule has 1 aliphatic rings. The fourth-order valence-electron chi connectivity index (χ4n) is 3.54. The van der Waals surface area contributed by atoms with Crippen molar-refractivity contribution in [1.29, 1.82) is 0 Å². The number of hydrogen-bond donors (Lipinski definition) is 4. The number of rotatable bonds is 10. The maximum absolute atomic E-state index is 13.0. The first-order chi connectivity index (χ1) is 17.2. The Morgan fingerprint density at radius 3 is 2.67 bits per heavy atom. The Morgan fingerprint density at radius 2 is 2.00 bits per heavy atom. The van der Waals surface area contributed by atoms with E-state index in [1.54, 1.807) is 25.4 Å². The highest BCUT2D eigenvalue weighted by atomic mass is 16.5. The topological polar surface area (TPSA) is 162 Å². The third-order valence-corrected chi connectivity index (χ3v) is 5.33. The van der Waals surface area contributed by atoms with E-state index in [9.17, 15) is 9.59 Å². The van der Waals surface area contributed by atoms with Crippen molar-refractivity contribution in [2.45, 2.75) is 24.6 Å². The summed E-state index contributed by atoms with van der Waals surface area (Å²) in [6, 6.07) is 7.09. The predicted octanol–water partition coefficient (Wildman–Crippen LogP) is -1.97. The third kappa shape index (κ3) is 6.03. The molecule has 5 N–H and O–H groups in total. The van der Waals surface area contributed by atoms with Crippen LogP contribution in [0.3, 0.4) is 0 Å². The quantitative estimate of drug-likeness (QED) is 0.238. The molecule has 12 nitrogen and oxygen atoms in total. The second-order valence-corrected chi connectivity index (χ2v) is 9.59. The van der Waals surface area contributed by atoms with Gasteiger partial charge >= 0.3 is 0 Å². The van der Waals surface area contributed by atoms with Gasteiger partial charge in [-0.2, -0.15) is 15.0 Å². The Kier molecular flexibility index (Phi) is 7.29. The molecular formula is C21H28B3N9O3. The van der Waals surface area contributed by atoms with Gasteiger partial charge in [0.25, 0.3) is 5.91 Å². The molecule has 184 valence electrons. The predicted molar refractivity (Wildman–Crippen MR) is 144 cm³/mol. The normalized spacial score (nSPS) is 13.2. The molecule has 0 saturated heterocycles. The summed E-state index contributed by atoms with van der Waals surface area (Å²) in [5.74, 6) is 0.234. The van der Waals surface area contributed by atoms with Crippen LogP contribution in [-0.4, -0.2) is 79.4 Å². The minimum absolute atomic E-state index is 0.00321. The van der Waals surface area contributed by atoms with Gasteiger partial charge in [0.2, 0.25) is 5.91 Å². The molecule has 2 aromatic heterocycles. The lowest BCUT2D eigenvalue weighted by molar-refractivity contribution is -0.117. The van der Waals surface area contributed by atoms with Crippen molar-refractivity contribution >= 4 is 52.5 Å². The van der Waals surface area contributed by atoms with E-state index in [-0.39, 0.29) is 23.3 Å². The van der Waals surface area contributed by atoms with E-state index in [2.05, 4.69) is 36.3 Å². The van der Waals surface area contributed by atoms with Gasteiger partial charge in [0.15, 0.2) is 17.3 Å². The van der Waals surface area contributed by atoms with Gasteiger partial charge in [-0.1, -0.05) is 6.07 Å². The summed E-state index contributed by atoms with van der Waals surface area (Å²) in [5.41, 5.74) is 7.93. The van der Waals surface area contributed by atoms with Crippen molar-refractivity contribution in [3.05, 3.63) is 36.2 Å². The smallest absolute Gasteiger partial charge is 0.272 e. The molecule has 1 fully saturated rings. The standard InChI is InChI=1S/C21H28B3N9O3/c1-36-18-12(15-10-26-33(32-15)8-7-25)3-2-4-13(18)27-14-9-16(28-19(34)11-5-6-11)30-31-17(14)20(35)29-21(22,23)24/h2-4,9-11H,5-8,22-25H2,1H3,(H,29,35)(H2,27,28,30,34). The molecule has 1 aliphatic carbocycles. The van der Waals surface area contributed by atoms with Crippen molar-refractivity contribution in [2.24, 2.45) is 11.7 Å². The van der Waals surface area contributed by atoms with Crippen LogP contribution in [-0.2, 0) is 11.3 Å². The number of amides is 2. The van der Waals surface area contributed by atoms with Crippen molar-refractivity contribution in [3.63, 3.8) is 0 Å². The summed E-state index contributed by atoms with van der Waals surface area (Å²) < 4.78 is 5.72. The molecule has 0 aliphatic heterocycles. The Hall–Kier alpha value is -3.87. The van der Waals surface area contributed by atoms with Gasteiger partial charge in [0.05, 0.1) is 31.2 Å². The fourth-order valence-corrected chi connectivity index (χ4v) is 3.54. The number of nitrogens with two attached hydrogens (primary N) is 1. The number of carbonyl (C=O) groups excluding carboxylic acids is 2. The maximum atomic E-state index is 13.0. The van der Waals surface area contributed by atoms with Crippen LogP contribution < -0.4 is 26.4 Å². The maximum Gasteiger partial charge on any atom is 0.272 e. The average molecular weight is 487 g/mol. The van der Waals surface area contributed by atoms with Gasteiger partial charge in [0, 0.05) is 24.1 Å². The average Bonchev–Trinajstić information content (AvgIpc) is 3.57. The minimum atomic E-state index is -0.484. The Balaban J connectivity index is 1.70. The van der Waals surface area contributed by atoms with E-state index in [0.29, 0.717) is 41.5 Å². The number of ether oxygens (including phenoxy) is 1. The zero-order valence-electron chi connectivity index (χ0n) is 20.8. The van der Waals surface area contributed by atoms with Crippen LogP contribution in [0.2, 0.25) is 0 Å². The molecule has 0 unspecified atom stereocenters. The summed E-state index contributed by atoms with van der Waals surface area (Å²) in [7, 11) is 7.17. The van der Waals surface area contributed by atoms with Crippen LogP contribution in [0.4, 0.5) is 17.2 Å². The molecule has 15 heteroatoms. The number of para-hydroxylation sites is 1. The lowest BCUT2D eigenvalue weighted by Crippen LogP contribution is -2.50. The monoisotopic (exact) mass is 487 g/mol. The SMILES string of the molecule is BC(B)(B)NC(=O)c1nnc(NC(=O)C2CC2)cc1Nc1cccc(-c2cnn(CCN)n2)c1OC. The first kappa shape index (κ1) is 25.2. The van der Waals surface area contributed by atoms with Crippen molar-refractivity contribution < 1.29 is 14.3 Å². The van der Waals surface area contributed by atoms with Gasteiger partial charge in [-0.3, -0.25) is 9.59 Å². The molecule has 1 aromatic carbocycles. The molecule has 1 saturated carbocycles. The molecule has 0 bridgehead atoms. The molecule has 2 heterocycles. The summed E-state index contributed by atoms with van der Waals surface area (Å²) in [4.78, 5) is 26.8. The lowest BCUT2D eigenvalue weighted by atomic mass is 9.49. The highest BCUT2D eigenvalue weighted by Crippen LogP contribution is 2.37. The van der Waals surface area contributed by atoms with Crippen LogP contribution >= 0.6 is 0 Å². The number of nitrogens with zero attached hydrogens (tertiary/aromatic N) is 5. The number of aromatic nitrogens is 5. The minimum Gasteiger partial charge on any atom is -0.494 e. The summed E-state index contributed by atoms with van der Waals surface area (Å²) in [6.07, 6.45) is 3.35. The van der Waals surface area contributed by atoms with Crippen LogP contribution in [0, 0.1) is 5.92 Å². The number of nitrogens with one attached hydrogen (secondary N) is 3. The van der Waals surface area contributed by atoms with E-state index in [1.807, 2.05) is 35.7 Å². The van der Waals surface area contributed by atoms with E-state index in [4.69, 9.17) is 10.5 Å². The van der Waals surface area contributed by atoms with E-state index in [1.165, 1.54) is 4.80 Å². The highest BCUT2D eigenvalue weighted by Gasteiger charge is 2.30.